The zero-order chi connectivity index (χ0) is 12.4. The molecule has 5 nitrogen and oxygen atoms in total. The number of hydrogen-bond acceptors (Lipinski definition) is 4. The van der Waals surface area contributed by atoms with Gasteiger partial charge in [0.2, 0.25) is 0 Å². The lowest BCUT2D eigenvalue weighted by atomic mass is 10.1. The Morgan fingerprint density at radius 3 is 2.67 bits per heavy atom. The van der Waals surface area contributed by atoms with Crippen LogP contribution in [-0.4, -0.2) is 31.5 Å². The maximum absolute atomic E-state index is 8.99. The molecule has 0 fully saturated rings. The number of pyridine rings is 2. The molecule has 0 aliphatic heterocycles. The standard InChI is InChI=1S/C13H12N4O/c18-6-5-17-13-9-15-7-11(12(13)8-16-17)10-1-3-14-4-2-10/h1-4,7-9,18H,5-6H2. The van der Waals surface area contributed by atoms with E-state index in [0.29, 0.717) is 6.54 Å². The van der Waals surface area contributed by atoms with Crippen molar-refractivity contribution in [3.05, 3.63) is 43.1 Å². The van der Waals surface area contributed by atoms with Crippen molar-refractivity contribution in [1.82, 2.24) is 19.7 Å². The fourth-order valence-corrected chi connectivity index (χ4v) is 2.02. The molecular weight excluding hydrogens is 228 g/mol. The van der Waals surface area contributed by atoms with Crippen molar-refractivity contribution < 1.29 is 5.11 Å². The van der Waals surface area contributed by atoms with Crippen LogP contribution in [0.25, 0.3) is 22.0 Å². The van der Waals surface area contributed by atoms with Crippen LogP contribution < -0.4 is 0 Å². The summed E-state index contributed by atoms with van der Waals surface area (Å²) in [4.78, 5) is 8.25. The van der Waals surface area contributed by atoms with Gasteiger partial charge in [0, 0.05) is 29.5 Å². The molecule has 0 amide bonds. The van der Waals surface area contributed by atoms with Gasteiger partial charge in [0.15, 0.2) is 0 Å². The number of aromatic nitrogens is 4. The van der Waals surface area contributed by atoms with Crippen LogP contribution in [0.3, 0.4) is 0 Å². The average molecular weight is 240 g/mol. The summed E-state index contributed by atoms with van der Waals surface area (Å²) < 4.78 is 1.76. The topological polar surface area (TPSA) is 63.8 Å². The maximum atomic E-state index is 8.99. The van der Waals surface area contributed by atoms with Crippen molar-refractivity contribution in [3.63, 3.8) is 0 Å². The van der Waals surface area contributed by atoms with Gasteiger partial charge in [0.1, 0.15) is 0 Å². The molecule has 0 aliphatic rings. The van der Waals surface area contributed by atoms with E-state index >= 15 is 0 Å². The van der Waals surface area contributed by atoms with Crippen LogP contribution in [0.1, 0.15) is 0 Å². The predicted molar refractivity (Wildman–Crippen MR) is 67.8 cm³/mol. The second-order valence-electron chi connectivity index (χ2n) is 3.95. The van der Waals surface area contributed by atoms with Crippen LogP contribution in [0.2, 0.25) is 0 Å². The van der Waals surface area contributed by atoms with E-state index in [1.54, 1.807) is 23.3 Å². The first-order valence-corrected chi connectivity index (χ1v) is 5.71. The van der Waals surface area contributed by atoms with Crippen molar-refractivity contribution in [2.75, 3.05) is 6.61 Å². The molecular formula is C13H12N4O. The smallest absolute Gasteiger partial charge is 0.0872 e. The lowest BCUT2D eigenvalue weighted by Gasteiger charge is -2.03. The number of aliphatic hydroxyl groups is 1. The largest absolute Gasteiger partial charge is 0.394 e. The lowest BCUT2D eigenvalue weighted by molar-refractivity contribution is 0.271. The molecule has 0 spiro atoms. The summed E-state index contributed by atoms with van der Waals surface area (Å²) in [6.45, 7) is 0.543. The summed E-state index contributed by atoms with van der Waals surface area (Å²) in [5.74, 6) is 0. The van der Waals surface area contributed by atoms with Gasteiger partial charge in [-0.15, -0.1) is 0 Å². The van der Waals surface area contributed by atoms with E-state index in [-0.39, 0.29) is 6.61 Å². The average Bonchev–Trinajstić information content (AvgIpc) is 2.84. The summed E-state index contributed by atoms with van der Waals surface area (Å²) >= 11 is 0. The Labute approximate surface area is 104 Å². The molecule has 3 heterocycles. The molecule has 3 aromatic heterocycles. The normalized spacial score (nSPS) is 10.9. The van der Waals surface area contributed by atoms with Crippen molar-refractivity contribution in [3.8, 4) is 11.1 Å². The Balaban J connectivity index is 2.19. The molecule has 0 atom stereocenters. The quantitative estimate of drug-likeness (QED) is 0.753. The van der Waals surface area contributed by atoms with E-state index in [1.807, 2.05) is 24.5 Å². The first kappa shape index (κ1) is 10.9. The van der Waals surface area contributed by atoms with Crippen molar-refractivity contribution in [2.45, 2.75) is 6.54 Å². The van der Waals surface area contributed by atoms with Gasteiger partial charge in [0.05, 0.1) is 31.1 Å². The monoisotopic (exact) mass is 240 g/mol. The summed E-state index contributed by atoms with van der Waals surface area (Å²) in [5.41, 5.74) is 3.02. The minimum Gasteiger partial charge on any atom is -0.394 e. The molecule has 0 aliphatic carbocycles. The van der Waals surface area contributed by atoms with E-state index in [0.717, 1.165) is 22.0 Å². The Kier molecular flexibility index (Phi) is 2.74. The number of rotatable bonds is 3. The zero-order valence-corrected chi connectivity index (χ0v) is 9.69. The van der Waals surface area contributed by atoms with Crippen LogP contribution in [0.5, 0.6) is 0 Å². The van der Waals surface area contributed by atoms with Crippen LogP contribution in [0, 0.1) is 0 Å². The third-order valence-electron chi connectivity index (χ3n) is 2.87. The van der Waals surface area contributed by atoms with Crippen molar-refractivity contribution >= 4 is 10.9 Å². The zero-order valence-electron chi connectivity index (χ0n) is 9.69. The SMILES string of the molecule is OCCn1ncc2c(-c3ccncc3)cncc21. The fourth-order valence-electron chi connectivity index (χ4n) is 2.02. The number of hydrogen-bond donors (Lipinski definition) is 1. The molecule has 0 saturated carbocycles. The van der Waals surface area contributed by atoms with Gasteiger partial charge in [-0.25, -0.2) is 0 Å². The summed E-state index contributed by atoms with van der Waals surface area (Å²) in [6, 6.07) is 3.89. The number of nitrogens with zero attached hydrogens (tertiary/aromatic N) is 4. The van der Waals surface area contributed by atoms with E-state index in [2.05, 4.69) is 15.1 Å². The highest BCUT2D eigenvalue weighted by molar-refractivity contribution is 5.93. The van der Waals surface area contributed by atoms with Gasteiger partial charge >= 0.3 is 0 Å². The van der Waals surface area contributed by atoms with E-state index in [4.69, 9.17) is 5.11 Å². The summed E-state index contributed by atoms with van der Waals surface area (Å²) in [7, 11) is 0. The van der Waals surface area contributed by atoms with Crippen LogP contribution in [0.4, 0.5) is 0 Å². The highest BCUT2D eigenvalue weighted by atomic mass is 16.3. The molecule has 0 unspecified atom stereocenters. The lowest BCUT2D eigenvalue weighted by Crippen LogP contribution is -2.03. The summed E-state index contributed by atoms with van der Waals surface area (Å²) in [6.07, 6.45) is 8.91. The molecule has 0 radical (unpaired) electrons. The van der Waals surface area contributed by atoms with Gasteiger partial charge in [-0.05, 0) is 17.7 Å². The van der Waals surface area contributed by atoms with Gasteiger partial charge in [-0.3, -0.25) is 14.6 Å². The Bertz CT molecular complexity index is 663. The molecule has 90 valence electrons. The highest BCUT2D eigenvalue weighted by Crippen LogP contribution is 2.26. The van der Waals surface area contributed by atoms with Crippen LogP contribution in [-0.2, 0) is 6.54 Å². The molecule has 5 heteroatoms. The summed E-state index contributed by atoms with van der Waals surface area (Å²) in [5, 5.41) is 14.3. The van der Waals surface area contributed by atoms with Crippen molar-refractivity contribution in [1.29, 1.82) is 0 Å². The second-order valence-corrected chi connectivity index (χ2v) is 3.95. The second kappa shape index (κ2) is 4.54. The molecule has 0 bridgehead atoms. The van der Waals surface area contributed by atoms with Crippen molar-refractivity contribution in [2.24, 2.45) is 0 Å². The minimum absolute atomic E-state index is 0.0657. The molecule has 3 aromatic rings. The molecule has 3 rings (SSSR count). The minimum atomic E-state index is 0.0657. The Morgan fingerprint density at radius 1 is 1.06 bits per heavy atom. The Morgan fingerprint density at radius 2 is 1.89 bits per heavy atom. The van der Waals surface area contributed by atoms with E-state index < -0.39 is 0 Å². The third kappa shape index (κ3) is 1.74. The first-order chi connectivity index (χ1) is 8.90. The number of aliphatic hydroxyl groups excluding tert-OH is 1. The molecule has 0 saturated heterocycles. The van der Waals surface area contributed by atoms with E-state index in [9.17, 15) is 0 Å². The van der Waals surface area contributed by atoms with Gasteiger partial charge in [0.25, 0.3) is 0 Å². The molecule has 18 heavy (non-hydrogen) atoms. The van der Waals surface area contributed by atoms with Gasteiger partial charge < -0.3 is 5.11 Å². The Hall–Kier alpha value is -2.27. The fraction of sp³-hybridized carbons (Fsp3) is 0.154. The van der Waals surface area contributed by atoms with Gasteiger partial charge in [-0.2, -0.15) is 5.10 Å². The molecule has 1 N–H and O–H groups in total. The predicted octanol–water partition coefficient (Wildman–Crippen LogP) is 1.49. The van der Waals surface area contributed by atoms with Crippen LogP contribution >= 0.6 is 0 Å². The van der Waals surface area contributed by atoms with Gasteiger partial charge in [-0.1, -0.05) is 0 Å². The third-order valence-corrected chi connectivity index (χ3v) is 2.87. The van der Waals surface area contributed by atoms with Crippen LogP contribution in [0.15, 0.2) is 43.1 Å². The van der Waals surface area contributed by atoms with E-state index in [1.165, 1.54) is 0 Å². The highest BCUT2D eigenvalue weighted by Gasteiger charge is 2.08. The number of fused-ring (bicyclic) bond motifs is 1. The maximum Gasteiger partial charge on any atom is 0.0872 e. The first-order valence-electron chi connectivity index (χ1n) is 5.71. The molecule has 0 aromatic carbocycles.